The zero-order valence-electron chi connectivity index (χ0n) is 10.3. The first-order valence-electron chi connectivity index (χ1n) is 7.07. The molecule has 88 valence electrons. The molecule has 2 saturated carbocycles. The molecule has 2 aliphatic carbocycles. The first kappa shape index (κ1) is 11.4. The Kier molecular flexibility index (Phi) is 4.49. The Hall–Kier alpha value is -0.0400. The Morgan fingerprint density at radius 2 is 1.67 bits per heavy atom. The van der Waals surface area contributed by atoms with Gasteiger partial charge in [-0.25, -0.2) is 0 Å². The molecule has 0 heterocycles. The van der Waals surface area contributed by atoms with E-state index in [9.17, 15) is 0 Å². The molecule has 0 bridgehead atoms. The summed E-state index contributed by atoms with van der Waals surface area (Å²) < 4.78 is 0. The minimum atomic E-state index is 0.927. The molecule has 1 nitrogen and oxygen atoms in total. The molecule has 0 aromatic heterocycles. The minimum Gasteiger partial charge on any atom is -0.316 e. The van der Waals surface area contributed by atoms with Gasteiger partial charge in [0.15, 0.2) is 0 Å². The molecule has 1 heteroatoms. The van der Waals surface area contributed by atoms with E-state index in [4.69, 9.17) is 0 Å². The summed E-state index contributed by atoms with van der Waals surface area (Å²) in [6.45, 7) is 4.97. The highest BCUT2D eigenvalue weighted by atomic mass is 14.9. The lowest BCUT2D eigenvalue weighted by Gasteiger charge is -2.17. The third-order valence-corrected chi connectivity index (χ3v) is 4.30. The van der Waals surface area contributed by atoms with Gasteiger partial charge in [0.2, 0.25) is 0 Å². The monoisotopic (exact) mass is 209 g/mol. The third kappa shape index (κ3) is 4.14. The predicted octanol–water partition coefficient (Wildman–Crippen LogP) is 3.59. The van der Waals surface area contributed by atoms with Crippen molar-refractivity contribution >= 4 is 0 Å². The number of hydrogen-bond acceptors (Lipinski definition) is 1. The fourth-order valence-electron chi connectivity index (χ4n) is 2.92. The minimum absolute atomic E-state index is 0.927. The number of hydrogen-bond donors (Lipinski definition) is 1. The molecule has 0 aliphatic heterocycles. The Labute approximate surface area is 95.0 Å². The van der Waals surface area contributed by atoms with E-state index in [0.29, 0.717) is 0 Å². The zero-order chi connectivity index (χ0) is 10.5. The molecule has 2 rings (SSSR count). The van der Waals surface area contributed by atoms with Crippen LogP contribution in [-0.4, -0.2) is 13.1 Å². The van der Waals surface area contributed by atoms with Gasteiger partial charge in [-0.05, 0) is 56.5 Å². The Bertz CT molecular complexity index is 166. The standard InChI is InChI=1S/C14H27N/c1-12(14-8-9-14)10-15-11-13-6-4-2-3-5-7-13/h12-15H,2-11H2,1H3. The first-order valence-corrected chi connectivity index (χ1v) is 7.07. The molecule has 0 radical (unpaired) electrons. The summed E-state index contributed by atoms with van der Waals surface area (Å²) in [4.78, 5) is 0. The van der Waals surface area contributed by atoms with Gasteiger partial charge in [0, 0.05) is 0 Å². The maximum absolute atomic E-state index is 3.70. The van der Waals surface area contributed by atoms with Crippen LogP contribution in [0.2, 0.25) is 0 Å². The molecule has 0 saturated heterocycles. The fourth-order valence-corrected chi connectivity index (χ4v) is 2.92. The summed E-state index contributed by atoms with van der Waals surface area (Å²) in [5, 5.41) is 3.70. The van der Waals surface area contributed by atoms with Crippen molar-refractivity contribution in [2.24, 2.45) is 17.8 Å². The van der Waals surface area contributed by atoms with Crippen molar-refractivity contribution in [2.75, 3.05) is 13.1 Å². The van der Waals surface area contributed by atoms with Gasteiger partial charge >= 0.3 is 0 Å². The van der Waals surface area contributed by atoms with Crippen LogP contribution in [0.15, 0.2) is 0 Å². The van der Waals surface area contributed by atoms with Crippen LogP contribution in [0, 0.1) is 17.8 Å². The average molecular weight is 209 g/mol. The van der Waals surface area contributed by atoms with E-state index >= 15 is 0 Å². The highest BCUT2D eigenvalue weighted by Gasteiger charge is 2.27. The summed E-state index contributed by atoms with van der Waals surface area (Å²) >= 11 is 0. The van der Waals surface area contributed by atoms with Crippen molar-refractivity contribution < 1.29 is 0 Å². The zero-order valence-corrected chi connectivity index (χ0v) is 10.3. The van der Waals surface area contributed by atoms with Crippen molar-refractivity contribution in [1.82, 2.24) is 5.32 Å². The van der Waals surface area contributed by atoms with Gasteiger partial charge in [0.25, 0.3) is 0 Å². The third-order valence-electron chi connectivity index (χ3n) is 4.30. The van der Waals surface area contributed by atoms with E-state index in [1.807, 2.05) is 0 Å². The van der Waals surface area contributed by atoms with Gasteiger partial charge in [-0.15, -0.1) is 0 Å². The van der Waals surface area contributed by atoms with Gasteiger partial charge in [-0.1, -0.05) is 32.6 Å². The second-order valence-electron chi connectivity index (χ2n) is 5.83. The van der Waals surface area contributed by atoms with Crippen LogP contribution >= 0.6 is 0 Å². The van der Waals surface area contributed by atoms with Crippen molar-refractivity contribution in [3.8, 4) is 0 Å². The van der Waals surface area contributed by atoms with Gasteiger partial charge in [-0.2, -0.15) is 0 Å². The molecule has 2 aliphatic rings. The first-order chi connectivity index (χ1) is 7.36. The van der Waals surface area contributed by atoms with Crippen LogP contribution in [0.5, 0.6) is 0 Å². The molecule has 15 heavy (non-hydrogen) atoms. The number of rotatable bonds is 5. The Morgan fingerprint density at radius 3 is 2.27 bits per heavy atom. The van der Waals surface area contributed by atoms with E-state index in [1.54, 1.807) is 0 Å². The molecule has 2 fully saturated rings. The van der Waals surface area contributed by atoms with Crippen LogP contribution in [0.3, 0.4) is 0 Å². The largest absolute Gasteiger partial charge is 0.316 e. The van der Waals surface area contributed by atoms with E-state index < -0.39 is 0 Å². The normalized spacial score (nSPS) is 26.2. The summed E-state index contributed by atoms with van der Waals surface area (Å²) in [7, 11) is 0. The lowest BCUT2D eigenvalue weighted by atomic mass is 10.00. The average Bonchev–Trinajstić information content (AvgIpc) is 3.06. The van der Waals surface area contributed by atoms with Gasteiger partial charge in [0.05, 0.1) is 0 Å². The quantitative estimate of drug-likeness (QED) is 0.682. The highest BCUT2D eigenvalue weighted by Crippen LogP contribution is 2.36. The van der Waals surface area contributed by atoms with E-state index in [0.717, 1.165) is 17.8 Å². The summed E-state index contributed by atoms with van der Waals surface area (Å²) in [5.74, 6) is 2.97. The van der Waals surface area contributed by atoms with Crippen LogP contribution < -0.4 is 5.32 Å². The molecule has 1 N–H and O–H groups in total. The van der Waals surface area contributed by atoms with Crippen molar-refractivity contribution in [3.05, 3.63) is 0 Å². The van der Waals surface area contributed by atoms with Crippen molar-refractivity contribution in [1.29, 1.82) is 0 Å². The Morgan fingerprint density at radius 1 is 1.00 bits per heavy atom. The number of nitrogens with one attached hydrogen (secondary N) is 1. The molecule has 0 aromatic rings. The topological polar surface area (TPSA) is 12.0 Å². The second kappa shape index (κ2) is 5.89. The van der Waals surface area contributed by atoms with Crippen molar-refractivity contribution in [3.63, 3.8) is 0 Å². The molecular weight excluding hydrogens is 182 g/mol. The van der Waals surface area contributed by atoms with E-state index in [2.05, 4.69) is 12.2 Å². The lowest BCUT2D eigenvalue weighted by Crippen LogP contribution is -2.27. The summed E-state index contributed by atoms with van der Waals surface area (Å²) in [6.07, 6.45) is 11.9. The summed E-state index contributed by atoms with van der Waals surface area (Å²) in [6, 6.07) is 0. The smallest absolute Gasteiger partial charge is 0.00204 e. The molecular formula is C14H27N. The van der Waals surface area contributed by atoms with Crippen LogP contribution in [0.4, 0.5) is 0 Å². The van der Waals surface area contributed by atoms with Gasteiger partial charge < -0.3 is 5.32 Å². The van der Waals surface area contributed by atoms with E-state index in [1.165, 1.54) is 64.5 Å². The summed E-state index contributed by atoms with van der Waals surface area (Å²) in [5.41, 5.74) is 0. The van der Waals surface area contributed by atoms with Gasteiger partial charge in [0.1, 0.15) is 0 Å². The van der Waals surface area contributed by atoms with Gasteiger partial charge in [-0.3, -0.25) is 0 Å². The van der Waals surface area contributed by atoms with E-state index in [-0.39, 0.29) is 0 Å². The molecule has 0 spiro atoms. The molecule has 0 amide bonds. The molecule has 1 unspecified atom stereocenters. The van der Waals surface area contributed by atoms with Crippen LogP contribution in [0.1, 0.15) is 58.3 Å². The molecule has 0 aromatic carbocycles. The predicted molar refractivity (Wildman–Crippen MR) is 65.9 cm³/mol. The van der Waals surface area contributed by atoms with Crippen LogP contribution in [0.25, 0.3) is 0 Å². The second-order valence-corrected chi connectivity index (χ2v) is 5.83. The lowest BCUT2D eigenvalue weighted by molar-refractivity contribution is 0.389. The molecule has 1 atom stereocenters. The maximum atomic E-state index is 3.70. The maximum Gasteiger partial charge on any atom is -0.00204 e. The Balaban J connectivity index is 1.55. The SMILES string of the molecule is CC(CNCC1CCCCCC1)C1CC1. The van der Waals surface area contributed by atoms with Crippen LogP contribution in [-0.2, 0) is 0 Å². The fraction of sp³-hybridized carbons (Fsp3) is 1.00. The highest BCUT2D eigenvalue weighted by molar-refractivity contribution is 4.80. The van der Waals surface area contributed by atoms with Crippen molar-refractivity contribution in [2.45, 2.75) is 58.3 Å².